The Balaban J connectivity index is 2.41. The first-order valence-corrected chi connectivity index (χ1v) is 12.7. The molecule has 0 aliphatic rings. The number of hydrogen-bond acceptors (Lipinski definition) is 4. The van der Waals surface area contributed by atoms with Gasteiger partial charge in [-0.3, -0.25) is 19.0 Å². The zero-order valence-corrected chi connectivity index (χ0v) is 21.9. The molecule has 1 atom stereocenters. The van der Waals surface area contributed by atoms with Gasteiger partial charge in [-0.05, 0) is 57.5 Å². The molecule has 7 heteroatoms. The number of amides is 2. The molecule has 0 bridgehead atoms. The lowest BCUT2D eigenvalue weighted by Gasteiger charge is -2.38. The van der Waals surface area contributed by atoms with Gasteiger partial charge in [-0.2, -0.15) is 0 Å². The number of nitrogens with one attached hydrogen (secondary N) is 1. The van der Waals surface area contributed by atoms with Gasteiger partial charge in [0.25, 0.3) is 11.8 Å². The van der Waals surface area contributed by atoms with E-state index in [1.807, 2.05) is 19.9 Å². The van der Waals surface area contributed by atoms with E-state index in [1.54, 1.807) is 52.8 Å². The van der Waals surface area contributed by atoms with Crippen LogP contribution in [0.1, 0.15) is 75.0 Å². The molecule has 3 aromatic rings. The highest BCUT2D eigenvalue weighted by Crippen LogP contribution is 2.40. The summed E-state index contributed by atoms with van der Waals surface area (Å²) < 4.78 is 1.59. The number of phenols is 1. The third-order valence-electron chi connectivity index (χ3n) is 6.80. The van der Waals surface area contributed by atoms with Gasteiger partial charge in [0.15, 0.2) is 0 Å². The van der Waals surface area contributed by atoms with Crippen molar-refractivity contribution in [2.24, 2.45) is 0 Å². The molecule has 2 aromatic carbocycles. The highest BCUT2D eigenvalue weighted by Gasteiger charge is 2.46. The number of carbonyl (C=O) groups excluding carboxylic acids is 3. The van der Waals surface area contributed by atoms with Gasteiger partial charge >= 0.3 is 0 Å². The van der Waals surface area contributed by atoms with Crippen LogP contribution < -0.4 is 5.32 Å². The third-order valence-corrected chi connectivity index (χ3v) is 6.80. The van der Waals surface area contributed by atoms with E-state index in [0.717, 1.165) is 12.8 Å². The lowest BCUT2D eigenvalue weighted by molar-refractivity contribution is -0.142. The van der Waals surface area contributed by atoms with E-state index in [0.29, 0.717) is 53.7 Å². The summed E-state index contributed by atoms with van der Waals surface area (Å²) in [7, 11) is 0. The van der Waals surface area contributed by atoms with Crippen molar-refractivity contribution < 1.29 is 19.5 Å². The smallest absolute Gasteiger partial charge is 0.262 e. The molecule has 0 aliphatic heterocycles. The van der Waals surface area contributed by atoms with Crippen LogP contribution in [0, 0.1) is 6.92 Å². The van der Waals surface area contributed by atoms with Crippen molar-refractivity contribution in [2.45, 2.75) is 65.8 Å². The minimum absolute atomic E-state index is 0.0219. The maximum absolute atomic E-state index is 14.2. The van der Waals surface area contributed by atoms with Crippen molar-refractivity contribution in [3.8, 4) is 5.75 Å². The minimum Gasteiger partial charge on any atom is -0.508 e. The number of hydrogen-bond donors (Lipinski definition) is 2. The maximum Gasteiger partial charge on any atom is 0.262 e. The van der Waals surface area contributed by atoms with E-state index < -0.39 is 5.54 Å². The fourth-order valence-corrected chi connectivity index (χ4v) is 5.16. The highest BCUT2D eigenvalue weighted by molar-refractivity contribution is 6.07. The van der Waals surface area contributed by atoms with Crippen LogP contribution in [0.25, 0.3) is 10.9 Å². The predicted molar refractivity (Wildman–Crippen MR) is 142 cm³/mol. The van der Waals surface area contributed by atoms with Gasteiger partial charge in [-0.15, -0.1) is 0 Å². The average Bonchev–Trinajstić information content (AvgIpc) is 3.15. The van der Waals surface area contributed by atoms with Gasteiger partial charge < -0.3 is 15.3 Å². The monoisotopic (exact) mass is 491 g/mol. The van der Waals surface area contributed by atoms with Crippen LogP contribution in [0.15, 0.2) is 48.5 Å². The van der Waals surface area contributed by atoms with Gasteiger partial charge in [0.05, 0.1) is 5.52 Å². The van der Waals surface area contributed by atoms with Crippen LogP contribution in [0.5, 0.6) is 5.75 Å². The Morgan fingerprint density at radius 3 is 2.25 bits per heavy atom. The molecule has 36 heavy (non-hydrogen) atoms. The van der Waals surface area contributed by atoms with Crippen molar-refractivity contribution in [1.82, 2.24) is 14.8 Å². The normalized spacial score (nSPS) is 12.8. The largest absolute Gasteiger partial charge is 0.508 e. The molecule has 1 aromatic heterocycles. The zero-order valence-electron chi connectivity index (χ0n) is 21.9. The molecule has 1 unspecified atom stereocenters. The van der Waals surface area contributed by atoms with E-state index in [9.17, 15) is 19.5 Å². The van der Waals surface area contributed by atoms with Gasteiger partial charge in [0.1, 0.15) is 11.3 Å². The molecule has 2 amide bonds. The summed E-state index contributed by atoms with van der Waals surface area (Å²) in [6.07, 6.45) is 2.93. The van der Waals surface area contributed by atoms with Gasteiger partial charge in [0.2, 0.25) is 5.91 Å². The number of benzene rings is 2. The lowest BCUT2D eigenvalue weighted by Crippen LogP contribution is -2.57. The molecule has 3 rings (SSSR count). The van der Waals surface area contributed by atoms with Crippen molar-refractivity contribution in [3.05, 3.63) is 65.4 Å². The topological polar surface area (TPSA) is 91.6 Å². The predicted octanol–water partition coefficient (Wildman–Crippen LogP) is 5.12. The number of nitrogens with zero attached hydrogens (tertiary/aromatic N) is 2. The Hall–Kier alpha value is -3.61. The molecular weight excluding hydrogens is 454 g/mol. The number of aromatic hydroxyl groups is 1. The number of aromatic nitrogens is 1. The number of carbonyl (C=O) groups is 3. The number of unbranched alkanes of at least 4 members (excludes halogenated alkanes) is 2. The number of fused-ring (bicyclic) bond motifs is 1. The van der Waals surface area contributed by atoms with Gasteiger partial charge in [-0.25, -0.2) is 0 Å². The summed E-state index contributed by atoms with van der Waals surface area (Å²) in [6, 6.07) is 13.7. The molecule has 0 aliphatic carbocycles. The average molecular weight is 492 g/mol. The minimum atomic E-state index is -1.38. The number of phenolic OH excluding ortho intramolecular Hbond substituents is 1. The molecule has 192 valence electrons. The Bertz CT molecular complexity index is 1240. The number of rotatable bonds is 10. The van der Waals surface area contributed by atoms with Crippen LogP contribution in [-0.2, 0) is 15.1 Å². The molecule has 0 radical (unpaired) electrons. The first kappa shape index (κ1) is 27.0. The quantitative estimate of drug-likeness (QED) is 0.385. The first-order chi connectivity index (χ1) is 17.2. The molecule has 0 saturated heterocycles. The van der Waals surface area contributed by atoms with Crippen LogP contribution in [-0.4, -0.2) is 45.4 Å². The number of likely N-dealkylation sites (N-methyl/N-ethyl adjacent to an activating group) is 1. The Morgan fingerprint density at radius 1 is 1.00 bits per heavy atom. The molecule has 2 N–H and O–H groups in total. The standard InChI is InChI=1S/C29H37N3O4/c1-6-9-13-18-29(30-21(5)33,28(36)31(7-2)8-3)26-20(4)32(25-17-16-23(34)19-24(25)26)27(35)22-14-11-10-12-15-22/h10-12,14-17,19,34H,6-9,13,18H2,1-5H3,(H,30,33). The third kappa shape index (κ3) is 5.01. The summed E-state index contributed by atoms with van der Waals surface area (Å²) in [5.74, 6) is -0.762. The molecule has 0 saturated carbocycles. The second kappa shape index (κ2) is 11.4. The van der Waals surface area contributed by atoms with Crippen molar-refractivity contribution in [3.63, 3.8) is 0 Å². The molecule has 0 spiro atoms. The summed E-state index contributed by atoms with van der Waals surface area (Å²) >= 11 is 0. The highest BCUT2D eigenvalue weighted by atomic mass is 16.3. The Kier molecular flexibility index (Phi) is 8.56. The van der Waals surface area contributed by atoms with E-state index >= 15 is 0 Å². The lowest BCUT2D eigenvalue weighted by atomic mass is 9.81. The van der Waals surface area contributed by atoms with Crippen LogP contribution >= 0.6 is 0 Å². The molecule has 7 nitrogen and oxygen atoms in total. The maximum atomic E-state index is 14.2. The Labute approximate surface area is 213 Å². The molecular formula is C29H37N3O4. The van der Waals surface area contributed by atoms with Crippen molar-refractivity contribution in [1.29, 1.82) is 0 Å². The van der Waals surface area contributed by atoms with Gasteiger partial charge in [0, 0.05) is 42.2 Å². The first-order valence-electron chi connectivity index (χ1n) is 12.7. The van der Waals surface area contributed by atoms with Crippen molar-refractivity contribution >= 4 is 28.6 Å². The molecule has 0 fully saturated rings. The summed E-state index contributed by atoms with van der Waals surface area (Å²) in [5, 5.41) is 14.0. The fraction of sp³-hybridized carbons (Fsp3) is 0.414. The van der Waals surface area contributed by atoms with Crippen LogP contribution in [0.2, 0.25) is 0 Å². The van der Waals surface area contributed by atoms with E-state index in [1.165, 1.54) is 13.0 Å². The van der Waals surface area contributed by atoms with Gasteiger partial charge in [-0.1, -0.05) is 44.4 Å². The molecule has 1 heterocycles. The van der Waals surface area contributed by atoms with Crippen LogP contribution in [0.3, 0.4) is 0 Å². The SMILES string of the molecule is CCCCCC(NC(C)=O)(C(=O)N(CC)CC)c1c(C)n(C(=O)c2ccccc2)c2ccc(O)cc12. The second-order valence-electron chi connectivity index (χ2n) is 9.19. The Morgan fingerprint density at radius 2 is 1.67 bits per heavy atom. The van der Waals surface area contributed by atoms with Crippen LogP contribution in [0.4, 0.5) is 0 Å². The van der Waals surface area contributed by atoms with E-state index in [4.69, 9.17) is 0 Å². The summed E-state index contributed by atoms with van der Waals surface area (Å²) in [5.41, 5.74) is 0.817. The van der Waals surface area contributed by atoms with E-state index in [2.05, 4.69) is 12.2 Å². The summed E-state index contributed by atoms with van der Waals surface area (Å²) in [4.78, 5) is 42.3. The van der Waals surface area contributed by atoms with Crippen molar-refractivity contribution in [2.75, 3.05) is 13.1 Å². The van der Waals surface area contributed by atoms with E-state index in [-0.39, 0.29) is 23.5 Å². The zero-order chi connectivity index (χ0) is 26.5. The fourth-order valence-electron chi connectivity index (χ4n) is 5.16. The summed E-state index contributed by atoms with van der Waals surface area (Å²) in [6.45, 7) is 10.1. The second-order valence-corrected chi connectivity index (χ2v) is 9.19.